The third-order valence-electron chi connectivity index (χ3n) is 6.71. The van der Waals surface area contributed by atoms with E-state index in [1.165, 1.54) is 22.3 Å². The van der Waals surface area contributed by atoms with Crippen molar-refractivity contribution < 1.29 is 24.2 Å². The Kier molecular flexibility index (Phi) is 7.27. The summed E-state index contributed by atoms with van der Waals surface area (Å²) >= 11 is 0. The Labute approximate surface area is 193 Å². The normalized spacial score (nSPS) is 18.9. The van der Waals surface area contributed by atoms with E-state index >= 15 is 0 Å². The van der Waals surface area contributed by atoms with Crippen molar-refractivity contribution >= 4 is 18.0 Å². The summed E-state index contributed by atoms with van der Waals surface area (Å²) in [6.45, 7) is 1.01. The molecule has 1 saturated carbocycles. The Morgan fingerprint density at radius 2 is 1.61 bits per heavy atom. The molecule has 0 heterocycles. The molecule has 0 spiro atoms. The molecule has 0 radical (unpaired) electrons. The first-order chi connectivity index (χ1) is 16.0. The Bertz CT molecular complexity index is 976. The number of carbonyl (C=O) groups is 3. The molecule has 7 nitrogen and oxygen atoms in total. The van der Waals surface area contributed by atoms with Crippen molar-refractivity contribution in [3.8, 4) is 11.1 Å². The zero-order chi connectivity index (χ0) is 23.2. The molecular formula is C26H30N2O5. The van der Waals surface area contributed by atoms with E-state index in [0.29, 0.717) is 19.5 Å². The number of amides is 2. The molecule has 0 aromatic heterocycles. The SMILES string of the molecule is O=C(O)CCCNC(=O)[C@H]1CCC[C@H]1CNC(=O)OCC1c2ccccc2-c2ccccc21. The molecule has 2 aliphatic carbocycles. The number of fused-ring (bicyclic) bond motifs is 3. The second-order valence-corrected chi connectivity index (χ2v) is 8.79. The van der Waals surface area contributed by atoms with Crippen molar-refractivity contribution in [1.29, 1.82) is 0 Å². The summed E-state index contributed by atoms with van der Waals surface area (Å²) in [5, 5.41) is 14.4. The highest BCUT2D eigenvalue weighted by molar-refractivity contribution is 5.80. The van der Waals surface area contributed by atoms with Gasteiger partial charge >= 0.3 is 12.1 Å². The second kappa shape index (κ2) is 10.5. The first-order valence-corrected chi connectivity index (χ1v) is 11.6. The van der Waals surface area contributed by atoms with Crippen LogP contribution >= 0.6 is 0 Å². The van der Waals surface area contributed by atoms with Gasteiger partial charge in [0.15, 0.2) is 0 Å². The molecule has 2 aromatic rings. The Morgan fingerprint density at radius 3 is 2.27 bits per heavy atom. The van der Waals surface area contributed by atoms with Gasteiger partial charge in [-0.25, -0.2) is 4.79 Å². The van der Waals surface area contributed by atoms with E-state index < -0.39 is 12.1 Å². The van der Waals surface area contributed by atoms with Crippen LogP contribution in [0.4, 0.5) is 4.79 Å². The van der Waals surface area contributed by atoms with Gasteiger partial charge in [-0.05, 0) is 47.4 Å². The van der Waals surface area contributed by atoms with Gasteiger partial charge in [0.25, 0.3) is 0 Å². The van der Waals surface area contributed by atoms with Gasteiger partial charge in [0, 0.05) is 31.3 Å². The highest BCUT2D eigenvalue weighted by Crippen LogP contribution is 2.44. The van der Waals surface area contributed by atoms with Gasteiger partial charge < -0.3 is 20.5 Å². The number of carboxylic acid groups (broad SMARTS) is 1. The predicted molar refractivity (Wildman–Crippen MR) is 124 cm³/mol. The fraction of sp³-hybridized carbons (Fsp3) is 0.423. The predicted octanol–water partition coefficient (Wildman–Crippen LogP) is 3.92. The first-order valence-electron chi connectivity index (χ1n) is 11.6. The number of hydrogen-bond donors (Lipinski definition) is 3. The summed E-state index contributed by atoms with van der Waals surface area (Å²) < 4.78 is 5.59. The van der Waals surface area contributed by atoms with Crippen LogP contribution in [0.2, 0.25) is 0 Å². The molecule has 0 aliphatic heterocycles. The lowest BCUT2D eigenvalue weighted by molar-refractivity contribution is -0.137. The second-order valence-electron chi connectivity index (χ2n) is 8.79. The minimum Gasteiger partial charge on any atom is -0.481 e. The number of hydrogen-bond acceptors (Lipinski definition) is 4. The van der Waals surface area contributed by atoms with Crippen molar-refractivity contribution in [2.75, 3.05) is 19.7 Å². The maximum atomic E-state index is 12.5. The van der Waals surface area contributed by atoms with Gasteiger partial charge in [-0.3, -0.25) is 9.59 Å². The zero-order valence-electron chi connectivity index (χ0n) is 18.6. The number of ether oxygens (including phenoxy) is 1. The third-order valence-corrected chi connectivity index (χ3v) is 6.71. The molecule has 2 aromatic carbocycles. The molecule has 4 rings (SSSR count). The monoisotopic (exact) mass is 450 g/mol. The molecular weight excluding hydrogens is 420 g/mol. The van der Waals surface area contributed by atoms with Crippen LogP contribution in [-0.2, 0) is 14.3 Å². The third kappa shape index (κ3) is 5.35. The largest absolute Gasteiger partial charge is 0.481 e. The van der Waals surface area contributed by atoms with E-state index in [1.54, 1.807) is 0 Å². The number of benzene rings is 2. The highest BCUT2D eigenvalue weighted by Gasteiger charge is 2.33. The summed E-state index contributed by atoms with van der Waals surface area (Å²) in [7, 11) is 0. The van der Waals surface area contributed by atoms with Crippen LogP contribution in [0.5, 0.6) is 0 Å². The molecule has 1 fully saturated rings. The summed E-state index contributed by atoms with van der Waals surface area (Å²) in [6, 6.07) is 16.4. The van der Waals surface area contributed by atoms with Crippen molar-refractivity contribution in [3.05, 3.63) is 59.7 Å². The molecule has 2 amide bonds. The minimum atomic E-state index is -0.865. The number of rotatable bonds is 9. The maximum absolute atomic E-state index is 12.5. The van der Waals surface area contributed by atoms with Crippen molar-refractivity contribution in [1.82, 2.24) is 10.6 Å². The summed E-state index contributed by atoms with van der Waals surface area (Å²) in [5.74, 6) is -1.01. The molecule has 3 N–H and O–H groups in total. The summed E-state index contributed by atoms with van der Waals surface area (Å²) in [5.41, 5.74) is 4.71. The molecule has 0 bridgehead atoms. The highest BCUT2D eigenvalue weighted by atomic mass is 16.5. The molecule has 0 unspecified atom stereocenters. The average molecular weight is 451 g/mol. The van der Waals surface area contributed by atoms with Crippen LogP contribution in [0.1, 0.15) is 49.1 Å². The van der Waals surface area contributed by atoms with Crippen LogP contribution < -0.4 is 10.6 Å². The van der Waals surface area contributed by atoms with Crippen LogP contribution in [0.3, 0.4) is 0 Å². The van der Waals surface area contributed by atoms with Crippen molar-refractivity contribution in [2.45, 2.75) is 38.0 Å². The van der Waals surface area contributed by atoms with Crippen molar-refractivity contribution in [3.63, 3.8) is 0 Å². The number of carboxylic acids is 1. The Balaban J connectivity index is 1.26. The molecule has 2 atom stereocenters. The Hall–Kier alpha value is -3.35. The lowest BCUT2D eigenvalue weighted by Crippen LogP contribution is -2.38. The van der Waals surface area contributed by atoms with Gasteiger partial charge in [-0.1, -0.05) is 55.0 Å². The van der Waals surface area contributed by atoms with Crippen LogP contribution in [0.25, 0.3) is 11.1 Å². The number of carbonyl (C=O) groups excluding carboxylic acids is 2. The van der Waals surface area contributed by atoms with Crippen molar-refractivity contribution in [2.24, 2.45) is 11.8 Å². The van der Waals surface area contributed by atoms with Gasteiger partial charge in [-0.15, -0.1) is 0 Å². The van der Waals surface area contributed by atoms with E-state index in [0.717, 1.165) is 19.3 Å². The van der Waals surface area contributed by atoms with E-state index in [4.69, 9.17) is 9.84 Å². The lowest BCUT2D eigenvalue weighted by atomic mass is 9.95. The fourth-order valence-corrected chi connectivity index (χ4v) is 5.07. The van der Waals surface area contributed by atoms with Gasteiger partial charge in [0.2, 0.25) is 5.91 Å². The van der Waals surface area contributed by atoms with Crippen LogP contribution in [0, 0.1) is 11.8 Å². The lowest BCUT2D eigenvalue weighted by Gasteiger charge is -2.20. The van der Waals surface area contributed by atoms with E-state index in [2.05, 4.69) is 34.9 Å². The van der Waals surface area contributed by atoms with Gasteiger partial charge in [0.1, 0.15) is 6.61 Å². The zero-order valence-corrected chi connectivity index (χ0v) is 18.6. The molecule has 0 saturated heterocycles. The van der Waals surface area contributed by atoms with Gasteiger partial charge in [-0.2, -0.15) is 0 Å². The average Bonchev–Trinajstić information content (AvgIpc) is 3.42. The van der Waals surface area contributed by atoms with E-state index in [1.807, 2.05) is 24.3 Å². The summed E-state index contributed by atoms with van der Waals surface area (Å²) in [4.78, 5) is 35.5. The Morgan fingerprint density at radius 1 is 0.939 bits per heavy atom. The minimum absolute atomic E-state index is 0.0129. The molecule has 174 valence electrons. The fourth-order valence-electron chi connectivity index (χ4n) is 5.07. The van der Waals surface area contributed by atoms with Crippen LogP contribution in [0.15, 0.2) is 48.5 Å². The topological polar surface area (TPSA) is 105 Å². The van der Waals surface area contributed by atoms with E-state index in [-0.39, 0.29) is 36.7 Å². The van der Waals surface area contributed by atoms with E-state index in [9.17, 15) is 14.4 Å². The quantitative estimate of drug-likeness (QED) is 0.502. The van der Waals surface area contributed by atoms with Crippen LogP contribution in [-0.4, -0.2) is 42.8 Å². The van der Waals surface area contributed by atoms with Gasteiger partial charge in [0.05, 0.1) is 0 Å². The number of nitrogens with one attached hydrogen (secondary N) is 2. The molecule has 2 aliphatic rings. The number of aliphatic carboxylic acids is 1. The molecule has 7 heteroatoms. The molecule has 33 heavy (non-hydrogen) atoms. The number of alkyl carbamates (subject to hydrolysis) is 1. The summed E-state index contributed by atoms with van der Waals surface area (Å²) in [6.07, 6.45) is 2.57. The smallest absolute Gasteiger partial charge is 0.407 e. The standard InChI is InChI=1S/C26H30N2O5/c29-24(30)13-6-14-27-25(31)18-12-5-7-17(18)15-28-26(32)33-16-23-21-10-3-1-8-19(21)20-9-2-4-11-22(20)23/h1-4,8-11,17-18,23H,5-7,12-16H2,(H,27,31)(H,28,32)(H,29,30)/t17-,18-/m0/s1. The maximum Gasteiger partial charge on any atom is 0.407 e. The first kappa shape index (κ1) is 22.8.